The number of benzene rings is 2. The summed E-state index contributed by atoms with van der Waals surface area (Å²) in [6.45, 7) is 2.21. The molecule has 0 saturated carbocycles. The van der Waals surface area contributed by atoms with Crippen molar-refractivity contribution in [1.82, 2.24) is 4.90 Å². The van der Waals surface area contributed by atoms with Crippen LogP contribution in [-0.4, -0.2) is 47.0 Å². The van der Waals surface area contributed by atoms with Crippen LogP contribution in [0.5, 0.6) is 0 Å². The smallest absolute Gasteiger partial charge is 0.329 e. The molecule has 0 aliphatic carbocycles. The molecule has 0 aromatic heterocycles. The van der Waals surface area contributed by atoms with Crippen molar-refractivity contribution in [3.05, 3.63) is 65.2 Å². The van der Waals surface area contributed by atoms with E-state index in [0.717, 1.165) is 4.90 Å². The zero-order chi connectivity index (χ0) is 21.1. The third-order valence-electron chi connectivity index (χ3n) is 4.47. The topological polar surface area (TPSA) is 110 Å². The van der Waals surface area contributed by atoms with Crippen LogP contribution in [0.15, 0.2) is 48.5 Å². The molecule has 3 amide bonds. The monoisotopic (exact) mass is 394 g/mol. The van der Waals surface area contributed by atoms with Crippen molar-refractivity contribution in [2.24, 2.45) is 0 Å². The van der Waals surface area contributed by atoms with Gasteiger partial charge in [-0.05, 0) is 50.2 Å². The zero-order valence-electron chi connectivity index (χ0n) is 15.8. The summed E-state index contributed by atoms with van der Waals surface area (Å²) in [7, 11) is 0. The number of rotatable bonds is 6. The van der Waals surface area contributed by atoms with Crippen molar-refractivity contribution < 1.29 is 28.7 Å². The normalized spacial score (nSPS) is 13.7. The summed E-state index contributed by atoms with van der Waals surface area (Å²) in [5, 5.41) is 2.53. The largest absolute Gasteiger partial charge is 0.454 e. The fraction of sp³-hybridized carbons (Fsp3) is 0.190. The number of carbonyl (C=O) groups excluding carboxylic acids is 5. The van der Waals surface area contributed by atoms with Crippen LogP contribution >= 0.6 is 0 Å². The van der Waals surface area contributed by atoms with E-state index in [2.05, 4.69) is 5.32 Å². The van der Waals surface area contributed by atoms with Gasteiger partial charge in [-0.3, -0.25) is 24.1 Å². The minimum atomic E-state index is -1.18. The molecule has 1 aliphatic rings. The van der Waals surface area contributed by atoms with E-state index in [0.29, 0.717) is 11.3 Å². The molecule has 2 aromatic carbocycles. The molecule has 8 heteroatoms. The molecule has 0 spiro atoms. The highest BCUT2D eigenvalue weighted by atomic mass is 16.5. The lowest BCUT2D eigenvalue weighted by Gasteiger charge is -2.20. The van der Waals surface area contributed by atoms with Gasteiger partial charge in [-0.15, -0.1) is 0 Å². The summed E-state index contributed by atoms with van der Waals surface area (Å²) in [6.07, 6.45) is 0. The van der Waals surface area contributed by atoms with Gasteiger partial charge in [0.05, 0.1) is 11.1 Å². The first kappa shape index (κ1) is 19.9. The summed E-state index contributed by atoms with van der Waals surface area (Å²) in [5.74, 6) is -2.72. The summed E-state index contributed by atoms with van der Waals surface area (Å²) in [4.78, 5) is 61.1. The lowest BCUT2D eigenvalue weighted by Crippen LogP contribution is -2.44. The maximum Gasteiger partial charge on any atom is 0.329 e. The summed E-state index contributed by atoms with van der Waals surface area (Å²) >= 11 is 0. The highest BCUT2D eigenvalue weighted by molar-refractivity contribution is 6.22. The average molecular weight is 394 g/mol. The van der Waals surface area contributed by atoms with Gasteiger partial charge in [-0.25, -0.2) is 4.79 Å². The van der Waals surface area contributed by atoms with Crippen LogP contribution in [0, 0.1) is 0 Å². The van der Waals surface area contributed by atoms with Gasteiger partial charge in [0.25, 0.3) is 17.7 Å². The molecule has 3 rings (SSSR count). The quantitative estimate of drug-likeness (QED) is 0.456. The summed E-state index contributed by atoms with van der Waals surface area (Å²) in [6, 6.07) is 11.3. The molecule has 0 bridgehead atoms. The molecule has 1 atom stereocenters. The van der Waals surface area contributed by atoms with Gasteiger partial charge in [0, 0.05) is 11.3 Å². The molecule has 1 heterocycles. The maximum absolute atomic E-state index is 12.4. The number of fused-ring (bicyclic) bond motifs is 1. The highest BCUT2D eigenvalue weighted by Gasteiger charge is 2.41. The fourth-order valence-electron chi connectivity index (χ4n) is 2.91. The summed E-state index contributed by atoms with van der Waals surface area (Å²) in [5.41, 5.74) is 1.39. The van der Waals surface area contributed by atoms with Crippen molar-refractivity contribution in [1.29, 1.82) is 0 Å². The maximum atomic E-state index is 12.4. The van der Waals surface area contributed by atoms with Crippen LogP contribution in [0.4, 0.5) is 5.69 Å². The minimum absolute atomic E-state index is 0.0982. The second-order valence-electron chi connectivity index (χ2n) is 6.49. The lowest BCUT2D eigenvalue weighted by atomic mass is 10.1. The van der Waals surface area contributed by atoms with Crippen molar-refractivity contribution >= 4 is 35.2 Å². The number of nitrogens with one attached hydrogen (secondary N) is 1. The van der Waals surface area contributed by atoms with Crippen molar-refractivity contribution in [2.75, 3.05) is 11.9 Å². The molecule has 8 nitrogen and oxygen atoms in total. The van der Waals surface area contributed by atoms with Gasteiger partial charge in [0.15, 0.2) is 12.4 Å². The highest BCUT2D eigenvalue weighted by Crippen LogP contribution is 2.24. The van der Waals surface area contributed by atoms with Crippen LogP contribution in [0.3, 0.4) is 0 Å². The molecule has 0 radical (unpaired) electrons. The van der Waals surface area contributed by atoms with Gasteiger partial charge in [-0.2, -0.15) is 0 Å². The van der Waals surface area contributed by atoms with E-state index in [-0.39, 0.29) is 16.9 Å². The predicted molar refractivity (Wildman–Crippen MR) is 102 cm³/mol. The molecule has 148 valence electrons. The van der Waals surface area contributed by atoms with E-state index in [4.69, 9.17) is 4.74 Å². The van der Waals surface area contributed by atoms with E-state index in [1.54, 1.807) is 36.4 Å². The molecule has 1 N–H and O–H groups in total. The van der Waals surface area contributed by atoms with Crippen LogP contribution in [-0.2, 0) is 14.3 Å². The summed E-state index contributed by atoms with van der Waals surface area (Å²) < 4.78 is 4.96. The van der Waals surface area contributed by atoms with Crippen LogP contribution in [0.1, 0.15) is 44.9 Å². The Morgan fingerprint density at radius 3 is 2.03 bits per heavy atom. The average Bonchev–Trinajstić information content (AvgIpc) is 2.96. The Bertz CT molecular complexity index is 977. The Labute approximate surface area is 166 Å². The first-order chi connectivity index (χ1) is 13.8. The van der Waals surface area contributed by atoms with Gasteiger partial charge < -0.3 is 10.1 Å². The van der Waals surface area contributed by atoms with E-state index in [9.17, 15) is 24.0 Å². The standard InChI is InChI=1S/C21H18N2O6/c1-12(23-19(26)16-5-3-4-6-17(16)20(23)27)21(28)29-11-18(25)22-15-9-7-14(8-10-15)13(2)24/h3-10,12H,11H2,1-2H3,(H,22,25)/t12-/m0/s1. The number of ether oxygens (including phenoxy) is 1. The number of hydrogen-bond acceptors (Lipinski definition) is 6. The second-order valence-corrected chi connectivity index (χ2v) is 6.49. The Hall–Kier alpha value is -3.81. The molecule has 0 unspecified atom stereocenters. The number of esters is 1. The van der Waals surface area contributed by atoms with Gasteiger partial charge in [-0.1, -0.05) is 12.1 Å². The third-order valence-corrected chi connectivity index (χ3v) is 4.47. The molecule has 2 aromatic rings. The Morgan fingerprint density at radius 1 is 0.966 bits per heavy atom. The SMILES string of the molecule is CC(=O)c1ccc(NC(=O)COC(=O)[C@H](C)N2C(=O)c3ccccc3C2=O)cc1. The Balaban J connectivity index is 1.56. The van der Waals surface area contributed by atoms with Gasteiger partial charge in [0.2, 0.25) is 0 Å². The van der Waals surface area contributed by atoms with Crippen molar-refractivity contribution in [2.45, 2.75) is 19.9 Å². The van der Waals surface area contributed by atoms with E-state index >= 15 is 0 Å². The zero-order valence-corrected chi connectivity index (χ0v) is 15.8. The van der Waals surface area contributed by atoms with Crippen molar-refractivity contribution in [3.63, 3.8) is 0 Å². The number of carbonyl (C=O) groups is 5. The second kappa shape index (κ2) is 8.05. The fourth-order valence-corrected chi connectivity index (χ4v) is 2.91. The number of nitrogens with zero attached hydrogens (tertiary/aromatic N) is 1. The van der Waals surface area contributed by atoms with Crippen LogP contribution < -0.4 is 5.32 Å². The van der Waals surface area contributed by atoms with Crippen LogP contribution in [0.25, 0.3) is 0 Å². The number of anilines is 1. The van der Waals surface area contributed by atoms with Gasteiger partial charge >= 0.3 is 5.97 Å². The molecular weight excluding hydrogens is 376 g/mol. The molecule has 1 aliphatic heterocycles. The van der Waals surface area contributed by atoms with E-state index in [1.807, 2.05) is 0 Å². The molecule has 29 heavy (non-hydrogen) atoms. The van der Waals surface area contributed by atoms with Crippen molar-refractivity contribution in [3.8, 4) is 0 Å². The first-order valence-corrected chi connectivity index (χ1v) is 8.84. The van der Waals surface area contributed by atoms with E-state index in [1.165, 1.54) is 26.0 Å². The number of Topliss-reactive ketones (excluding diaryl/α,β-unsaturated/α-hetero) is 1. The molecular formula is C21H18N2O6. The number of hydrogen-bond donors (Lipinski definition) is 1. The number of ketones is 1. The van der Waals surface area contributed by atoms with Crippen LogP contribution in [0.2, 0.25) is 0 Å². The van der Waals surface area contributed by atoms with Gasteiger partial charge in [0.1, 0.15) is 6.04 Å². The first-order valence-electron chi connectivity index (χ1n) is 8.84. The number of imide groups is 1. The Kier molecular flexibility index (Phi) is 5.54. The Morgan fingerprint density at radius 2 is 1.52 bits per heavy atom. The molecule has 0 fully saturated rings. The lowest BCUT2D eigenvalue weighted by molar-refractivity contribution is -0.150. The van der Waals surface area contributed by atoms with E-state index < -0.39 is 36.3 Å². The predicted octanol–water partition coefficient (Wildman–Crippen LogP) is 2.06. The minimum Gasteiger partial charge on any atom is -0.454 e. The number of amides is 3. The third kappa shape index (κ3) is 4.06. The molecule has 0 saturated heterocycles.